The van der Waals surface area contributed by atoms with Gasteiger partial charge in [-0.3, -0.25) is 9.59 Å². The molecule has 0 spiro atoms. The summed E-state index contributed by atoms with van der Waals surface area (Å²) in [6, 6.07) is 13.1. The fraction of sp³-hybridized carbons (Fsp3) is 0.417. The van der Waals surface area contributed by atoms with Crippen LogP contribution in [0.3, 0.4) is 0 Å². The lowest BCUT2D eigenvalue weighted by Gasteiger charge is -2.30. The van der Waals surface area contributed by atoms with Gasteiger partial charge in [-0.2, -0.15) is 0 Å². The number of rotatable bonds is 6. The highest BCUT2D eigenvalue weighted by Crippen LogP contribution is 2.35. The molecule has 2 aromatic rings. The van der Waals surface area contributed by atoms with Gasteiger partial charge in [-0.1, -0.05) is 52.7 Å². The molecule has 0 aliphatic carbocycles. The Morgan fingerprint density at radius 3 is 2.48 bits per heavy atom. The van der Waals surface area contributed by atoms with Crippen molar-refractivity contribution in [1.82, 2.24) is 0 Å². The van der Waals surface area contributed by atoms with E-state index >= 15 is 0 Å². The van der Waals surface area contributed by atoms with Crippen LogP contribution < -0.4 is 15.0 Å². The van der Waals surface area contributed by atoms with Gasteiger partial charge in [0.2, 0.25) is 0 Å². The second-order valence-electron chi connectivity index (χ2n) is 8.51. The topological polar surface area (TPSA) is 58.6 Å². The Morgan fingerprint density at radius 1 is 1.10 bits per heavy atom. The van der Waals surface area contributed by atoms with Crippen molar-refractivity contribution in [3.8, 4) is 5.75 Å². The van der Waals surface area contributed by atoms with Crippen LogP contribution in [0, 0.1) is 0 Å². The lowest BCUT2D eigenvalue weighted by Crippen LogP contribution is -2.39. The van der Waals surface area contributed by atoms with Crippen LogP contribution in [0.5, 0.6) is 5.75 Å². The summed E-state index contributed by atoms with van der Waals surface area (Å²) in [5.74, 6) is 0.453. The number of nitrogens with zero attached hydrogens (tertiary/aromatic N) is 1. The first-order valence-electron chi connectivity index (χ1n) is 10.3. The average Bonchev–Trinajstić information content (AvgIpc) is 2.69. The van der Waals surface area contributed by atoms with Crippen LogP contribution in [0.25, 0.3) is 0 Å². The molecule has 2 amide bonds. The van der Waals surface area contributed by atoms with E-state index in [-0.39, 0.29) is 23.8 Å². The van der Waals surface area contributed by atoms with Gasteiger partial charge < -0.3 is 15.0 Å². The highest BCUT2D eigenvalue weighted by Gasteiger charge is 2.25. The van der Waals surface area contributed by atoms with E-state index in [2.05, 4.69) is 33.0 Å². The van der Waals surface area contributed by atoms with E-state index in [0.29, 0.717) is 23.5 Å². The summed E-state index contributed by atoms with van der Waals surface area (Å²) in [4.78, 5) is 26.8. The highest BCUT2D eigenvalue weighted by atomic mass is 16.5. The molecular formula is C24H30N2O3. The van der Waals surface area contributed by atoms with E-state index in [1.807, 2.05) is 36.4 Å². The summed E-state index contributed by atoms with van der Waals surface area (Å²) in [7, 11) is 0. The van der Waals surface area contributed by atoms with E-state index < -0.39 is 0 Å². The molecule has 1 aliphatic heterocycles. The smallest absolute Gasteiger partial charge is 0.265 e. The summed E-state index contributed by atoms with van der Waals surface area (Å²) in [5.41, 5.74) is 3.19. The Morgan fingerprint density at radius 2 is 1.83 bits per heavy atom. The molecule has 0 bridgehead atoms. The Kier molecular flexibility index (Phi) is 6.26. The minimum absolute atomic E-state index is 0.0429. The molecule has 29 heavy (non-hydrogen) atoms. The van der Waals surface area contributed by atoms with E-state index in [1.54, 1.807) is 11.0 Å². The Balaban J connectivity index is 1.76. The van der Waals surface area contributed by atoms with E-state index in [4.69, 9.17) is 4.74 Å². The van der Waals surface area contributed by atoms with Crippen LogP contribution in [0.15, 0.2) is 42.5 Å². The molecule has 1 aliphatic rings. The van der Waals surface area contributed by atoms with Crippen LogP contribution in [0.2, 0.25) is 0 Å². The fourth-order valence-corrected chi connectivity index (χ4v) is 3.37. The molecule has 0 radical (unpaired) electrons. The first-order chi connectivity index (χ1) is 13.8. The third-order valence-electron chi connectivity index (χ3n) is 5.16. The first-order valence-corrected chi connectivity index (χ1v) is 10.3. The maximum absolute atomic E-state index is 12.7. The molecule has 0 unspecified atom stereocenters. The molecule has 1 N–H and O–H groups in total. The van der Waals surface area contributed by atoms with E-state index in [9.17, 15) is 9.59 Å². The molecule has 3 rings (SSSR count). The predicted octanol–water partition coefficient (Wildman–Crippen LogP) is 5.15. The number of fused-ring (bicyclic) bond motifs is 1. The monoisotopic (exact) mass is 394 g/mol. The zero-order valence-corrected chi connectivity index (χ0v) is 17.7. The van der Waals surface area contributed by atoms with Crippen molar-refractivity contribution >= 4 is 23.2 Å². The Bertz CT molecular complexity index is 882. The van der Waals surface area contributed by atoms with Crippen molar-refractivity contribution in [3.63, 3.8) is 0 Å². The van der Waals surface area contributed by atoms with Crippen LogP contribution in [-0.4, -0.2) is 25.0 Å². The van der Waals surface area contributed by atoms with Gasteiger partial charge in [-0.05, 0) is 47.7 Å². The maximum Gasteiger partial charge on any atom is 0.265 e. The van der Waals surface area contributed by atoms with Crippen LogP contribution in [0.4, 0.5) is 11.4 Å². The quantitative estimate of drug-likeness (QED) is 0.689. The maximum atomic E-state index is 12.7. The van der Waals surface area contributed by atoms with E-state index in [0.717, 1.165) is 24.9 Å². The van der Waals surface area contributed by atoms with Crippen molar-refractivity contribution < 1.29 is 14.3 Å². The van der Waals surface area contributed by atoms with Gasteiger partial charge in [0.15, 0.2) is 6.61 Å². The number of hydrogen-bond acceptors (Lipinski definition) is 3. The van der Waals surface area contributed by atoms with Gasteiger partial charge in [-0.15, -0.1) is 0 Å². The van der Waals surface area contributed by atoms with E-state index in [1.165, 1.54) is 5.56 Å². The van der Waals surface area contributed by atoms with Crippen LogP contribution in [-0.2, 0) is 10.2 Å². The SMILES string of the molecule is CCCCCN1C(=O)COc2ccc(NC(=O)c3ccc(C(C)(C)C)cc3)cc21. The fourth-order valence-electron chi connectivity index (χ4n) is 3.37. The summed E-state index contributed by atoms with van der Waals surface area (Å²) in [6.07, 6.45) is 3.11. The zero-order chi connectivity index (χ0) is 21.0. The number of anilines is 2. The predicted molar refractivity (Wildman–Crippen MR) is 117 cm³/mol. The third-order valence-corrected chi connectivity index (χ3v) is 5.16. The van der Waals surface area contributed by atoms with Crippen molar-refractivity contribution in [3.05, 3.63) is 53.6 Å². The highest BCUT2D eigenvalue weighted by molar-refractivity contribution is 6.05. The minimum atomic E-state index is -0.175. The molecule has 154 valence electrons. The van der Waals surface area contributed by atoms with Crippen molar-refractivity contribution in [2.75, 3.05) is 23.4 Å². The second-order valence-corrected chi connectivity index (χ2v) is 8.51. The molecule has 5 nitrogen and oxygen atoms in total. The number of hydrogen-bond donors (Lipinski definition) is 1. The second kappa shape index (κ2) is 8.68. The number of unbranched alkanes of at least 4 members (excludes halogenated alkanes) is 2. The van der Waals surface area contributed by atoms with Crippen LogP contribution in [0.1, 0.15) is 62.9 Å². The van der Waals surface area contributed by atoms with Crippen molar-refractivity contribution in [1.29, 1.82) is 0 Å². The third kappa shape index (κ3) is 4.97. The molecule has 1 heterocycles. The van der Waals surface area contributed by atoms with Crippen molar-refractivity contribution in [2.45, 2.75) is 52.4 Å². The van der Waals surface area contributed by atoms with Gasteiger partial charge in [0.05, 0.1) is 5.69 Å². The summed E-state index contributed by atoms with van der Waals surface area (Å²) < 4.78 is 5.56. The summed E-state index contributed by atoms with van der Waals surface area (Å²) in [6.45, 7) is 9.29. The average molecular weight is 395 g/mol. The van der Waals surface area contributed by atoms with Gasteiger partial charge in [0.25, 0.3) is 11.8 Å². The molecule has 0 fully saturated rings. The molecule has 5 heteroatoms. The lowest BCUT2D eigenvalue weighted by molar-refractivity contribution is -0.121. The van der Waals surface area contributed by atoms with Gasteiger partial charge in [0.1, 0.15) is 5.75 Å². The number of benzene rings is 2. The summed E-state index contributed by atoms with van der Waals surface area (Å²) in [5, 5.41) is 2.94. The number of carbonyl (C=O) groups excluding carboxylic acids is 2. The molecule has 2 aromatic carbocycles. The first kappa shape index (κ1) is 20.9. The standard InChI is InChI=1S/C24H30N2O3/c1-5-6-7-14-26-20-15-19(12-13-21(20)29-16-22(26)27)25-23(28)17-8-10-18(11-9-17)24(2,3)4/h8-13,15H,5-7,14,16H2,1-4H3,(H,25,28). The molecule has 0 aromatic heterocycles. The largest absolute Gasteiger partial charge is 0.482 e. The number of ether oxygens (including phenoxy) is 1. The molecular weight excluding hydrogens is 364 g/mol. The van der Waals surface area contributed by atoms with Gasteiger partial charge in [-0.25, -0.2) is 0 Å². The van der Waals surface area contributed by atoms with Gasteiger partial charge >= 0.3 is 0 Å². The lowest BCUT2D eigenvalue weighted by atomic mass is 9.87. The number of amides is 2. The Hall–Kier alpha value is -2.82. The van der Waals surface area contributed by atoms with Gasteiger partial charge in [0, 0.05) is 17.8 Å². The van der Waals surface area contributed by atoms with Crippen LogP contribution >= 0.6 is 0 Å². The number of carbonyl (C=O) groups is 2. The molecule has 0 atom stereocenters. The molecule has 0 saturated heterocycles. The Labute approximate surface area is 173 Å². The summed E-state index contributed by atoms with van der Waals surface area (Å²) >= 11 is 0. The number of nitrogens with one attached hydrogen (secondary N) is 1. The normalized spacial score (nSPS) is 13.7. The minimum Gasteiger partial charge on any atom is -0.482 e. The van der Waals surface area contributed by atoms with Crippen molar-refractivity contribution in [2.24, 2.45) is 0 Å². The molecule has 0 saturated carbocycles. The zero-order valence-electron chi connectivity index (χ0n) is 17.7.